The second-order valence-electron chi connectivity index (χ2n) is 4.59. The van der Waals surface area contributed by atoms with Gasteiger partial charge in [0.2, 0.25) is 11.8 Å². The summed E-state index contributed by atoms with van der Waals surface area (Å²) in [6, 6.07) is 6.25. The maximum Gasteiger partial charge on any atom is 0.343 e. The molecule has 0 aliphatic carbocycles. The molecule has 0 fully saturated rings. The molecular formula is C16H17ClN2O5. The predicted octanol–water partition coefficient (Wildman–Crippen LogP) is 3.51. The molecule has 0 bridgehead atoms. The van der Waals surface area contributed by atoms with Crippen molar-refractivity contribution in [2.24, 2.45) is 0 Å². The molecule has 0 amide bonds. The SMILES string of the molecule is CCCOC(=O)c1c(Cl)cccc1Oc1nc(OC)cc(OC)n1. The van der Waals surface area contributed by atoms with Crippen molar-refractivity contribution in [3.8, 4) is 23.5 Å². The summed E-state index contributed by atoms with van der Waals surface area (Å²) >= 11 is 6.12. The van der Waals surface area contributed by atoms with Crippen LogP contribution in [-0.4, -0.2) is 36.8 Å². The zero-order chi connectivity index (χ0) is 17.5. The van der Waals surface area contributed by atoms with Gasteiger partial charge in [-0.2, -0.15) is 9.97 Å². The molecule has 2 aromatic rings. The number of carbonyl (C=O) groups is 1. The van der Waals surface area contributed by atoms with Crippen LogP contribution in [0, 0.1) is 0 Å². The Morgan fingerprint density at radius 1 is 1.17 bits per heavy atom. The van der Waals surface area contributed by atoms with E-state index in [2.05, 4.69) is 9.97 Å². The monoisotopic (exact) mass is 352 g/mol. The number of rotatable bonds is 7. The smallest absolute Gasteiger partial charge is 0.343 e. The predicted molar refractivity (Wildman–Crippen MR) is 87.2 cm³/mol. The maximum absolute atomic E-state index is 12.2. The van der Waals surface area contributed by atoms with Crippen molar-refractivity contribution in [3.63, 3.8) is 0 Å². The summed E-state index contributed by atoms with van der Waals surface area (Å²) in [5.41, 5.74) is 0.109. The van der Waals surface area contributed by atoms with E-state index in [-0.39, 0.29) is 40.7 Å². The van der Waals surface area contributed by atoms with E-state index in [1.54, 1.807) is 18.2 Å². The minimum absolute atomic E-state index is 0.0435. The van der Waals surface area contributed by atoms with Gasteiger partial charge in [0.15, 0.2) is 0 Å². The van der Waals surface area contributed by atoms with E-state index in [1.165, 1.54) is 20.3 Å². The van der Waals surface area contributed by atoms with Crippen molar-refractivity contribution in [2.45, 2.75) is 13.3 Å². The Morgan fingerprint density at radius 3 is 2.42 bits per heavy atom. The van der Waals surface area contributed by atoms with Crippen molar-refractivity contribution in [2.75, 3.05) is 20.8 Å². The van der Waals surface area contributed by atoms with E-state index in [0.717, 1.165) is 0 Å². The quantitative estimate of drug-likeness (QED) is 0.705. The molecule has 1 heterocycles. The molecule has 8 heteroatoms. The van der Waals surface area contributed by atoms with Crippen LogP contribution in [0.2, 0.25) is 5.02 Å². The summed E-state index contributed by atoms with van der Waals surface area (Å²) in [4.78, 5) is 20.3. The zero-order valence-corrected chi connectivity index (χ0v) is 14.3. The molecule has 24 heavy (non-hydrogen) atoms. The third kappa shape index (κ3) is 4.26. The molecule has 0 N–H and O–H groups in total. The minimum Gasteiger partial charge on any atom is -0.481 e. The van der Waals surface area contributed by atoms with Gasteiger partial charge in [0.05, 0.1) is 31.9 Å². The lowest BCUT2D eigenvalue weighted by Gasteiger charge is -2.12. The molecule has 2 rings (SSSR count). The largest absolute Gasteiger partial charge is 0.481 e. The second kappa shape index (κ2) is 8.35. The first-order valence-electron chi connectivity index (χ1n) is 7.19. The number of hydrogen-bond acceptors (Lipinski definition) is 7. The van der Waals surface area contributed by atoms with Gasteiger partial charge in [-0.05, 0) is 18.6 Å². The van der Waals surface area contributed by atoms with Crippen LogP contribution in [0.25, 0.3) is 0 Å². The topological polar surface area (TPSA) is 79.8 Å². The van der Waals surface area contributed by atoms with Crippen LogP contribution >= 0.6 is 11.6 Å². The number of methoxy groups -OCH3 is 2. The zero-order valence-electron chi connectivity index (χ0n) is 13.5. The van der Waals surface area contributed by atoms with Gasteiger partial charge in [-0.3, -0.25) is 0 Å². The van der Waals surface area contributed by atoms with Gasteiger partial charge in [0.25, 0.3) is 0 Å². The highest BCUT2D eigenvalue weighted by Crippen LogP contribution is 2.31. The van der Waals surface area contributed by atoms with Gasteiger partial charge < -0.3 is 18.9 Å². The van der Waals surface area contributed by atoms with Crippen LogP contribution in [0.15, 0.2) is 24.3 Å². The highest BCUT2D eigenvalue weighted by atomic mass is 35.5. The first-order chi connectivity index (χ1) is 11.6. The van der Waals surface area contributed by atoms with Gasteiger partial charge in [0.1, 0.15) is 11.3 Å². The van der Waals surface area contributed by atoms with Crippen molar-refractivity contribution in [3.05, 3.63) is 34.9 Å². The van der Waals surface area contributed by atoms with E-state index in [4.69, 9.17) is 30.5 Å². The van der Waals surface area contributed by atoms with Gasteiger partial charge in [-0.25, -0.2) is 4.79 Å². The average molecular weight is 353 g/mol. The first kappa shape index (κ1) is 17.8. The van der Waals surface area contributed by atoms with Gasteiger partial charge in [-0.1, -0.05) is 24.6 Å². The molecule has 0 saturated carbocycles. The standard InChI is InChI=1S/C16H17ClN2O5/c1-4-8-23-15(20)14-10(17)6-5-7-11(14)24-16-18-12(21-2)9-13(19-16)22-3/h5-7,9H,4,8H2,1-3H3. The summed E-state index contributed by atoms with van der Waals surface area (Å²) in [5.74, 6) is 0.120. The summed E-state index contributed by atoms with van der Waals surface area (Å²) in [6.07, 6.45) is 0.697. The van der Waals surface area contributed by atoms with Gasteiger partial charge in [0, 0.05) is 0 Å². The van der Waals surface area contributed by atoms with Crippen LogP contribution in [0.1, 0.15) is 23.7 Å². The van der Waals surface area contributed by atoms with Crippen molar-refractivity contribution in [1.29, 1.82) is 0 Å². The maximum atomic E-state index is 12.2. The van der Waals surface area contributed by atoms with Crippen molar-refractivity contribution >= 4 is 17.6 Å². The summed E-state index contributed by atoms with van der Waals surface area (Å²) in [5, 5.41) is 0.212. The lowest BCUT2D eigenvalue weighted by atomic mass is 10.2. The molecule has 1 aromatic heterocycles. The van der Waals surface area contributed by atoms with E-state index >= 15 is 0 Å². The number of halogens is 1. The number of carbonyl (C=O) groups excluding carboxylic acids is 1. The molecule has 0 aliphatic rings. The van der Waals surface area contributed by atoms with Crippen LogP contribution < -0.4 is 14.2 Å². The lowest BCUT2D eigenvalue weighted by molar-refractivity contribution is 0.0502. The van der Waals surface area contributed by atoms with Crippen LogP contribution in [-0.2, 0) is 4.74 Å². The number of hydrogen-bond donors (Lipinski definition) is 0. The Kier molecular flexibility index (Phi) is 6.20. The average Bonchev–Trinajstić information content (AvgIpc) is 2.59. The lowest BCUT2D eigenvalue weighted by Crippen LogP contribution is -2.09. The first-order valence-corrected chi connectivity index (χ1v) is 7.57. The number of nitrogens with zero attached hydrogens (tertiary/aromatic N) is 2. The molecule has 128 valence electrons. The van der Waals surface area contributed by atoms with Crippen molar-refractivity contribution in [1.82, 2.24) is 9.97 Å². The fourth-order valence-corrected chi connectivity index (χ4v) is 2.03. The van der Waals surface area contributed by atoms with Crippen LogP contribution in [0.4, 0.5) is 0 Å². The van der Waals surface area contributed by atoms with Crippen molar-refractivity contribution < 1.29 is 23.7 Å². The highest BCUT2D eigenvalue weighted by molar-refractivity contribution is 6.34. The number of aromatic nitrogens is 2. The molecule has 1 aromatic carbocycles. The number of esters is 1. The third-order valence-electron chi connectivity index (χ3n) is 2.89. The molecule has 0 radical (unpaired) electrons. The van der Waals surface area contributed by atoms with E-state index in [1.807, 2.05) is 6.92 Å². The molecule has 0 saturated heterocycles. The van der Waals surface area contributed by atoms with Crippen LogP contribution in [0.5, 0.6) is 23.5 Å². The molecule has 0 unspecified atom stereocenters. The minimum atomic E-state index is -0.577. The Morgan fingerprint density at radius 2 is 1.83 bits per heavy atom. The Balaban J connectivity index is 2.36. The number of ether oxygens (including phenoxy) is 4. The third-order valence-corrected chi connectivity index (χ3v) is 3.21. The summed E-state index contributed by atoms with van der Waals surface area (Å²) < 4.78 is 20.9. The highest BCUT2D eigenvalue weighted by Gasteiger charge is 2.20. The normalized spacial score (nSPS) is 10.2. The molecule has 0 spiro atoms. The summed E-state index contributed by atoms with van der Waals surface area (Å²) in [7, 11) is 2.91. The van der Waals surface area contributed by atoms with E-state index in [0.29, 0.717) is 6.42 Å². The fourth-order valence-electron chi connectivity index (χ4n) is 1.79. The second-order valence-corrected chi connectivity index (χ2v) is 4.99. The Labute approximate surface area is 144 Å². The van der Waals surface area contributed by atoms with Crippen LogP contribution in [0.3, 0.4) is 0 Å². The summed E-state index contributed by atoms with van der Waals surface area (Å²) in [6.45, 7) is 2.18. The molecular weight excluding hydrogens is 336 g/mol. The molecule has 0 aliphatic heterocycles. The Hall–Kier alpha value is -2.54. The Bertz CT molecular complexity index is 701. The van der Waals surface area contributed by atoms with Gasteiger partial charge >= 0.3 is 12.0 Å². The molecule has 0 atom stereocenters. The van der Waals surface area contributed by atoms with Gasteiger partial charge in [-0.15, -0.1) is 0 Å². The van der Waals surface area contributed by atoms with E-state index < -0.39 is 5.97 Å². The molecule has 7 nitrogen and oxygen atoms in total. The van der Waals surface area contributed by atoms with E-state index in [9.17, 15) is 4.79 Å². The number of benzene rings is 1. The fraction of sp³-hybridized carbons (Fsp3) is 0.312.